The second kappa shape index (κ2) is 16.3. The lowest BCUT2D eigenvalue weighted by Gasteiger charge is -2.22. The van der Waals surface area contributed by atoms with Crippen LogP contribution in [0, 0.1) is 5.92 Å². The van der Waals surface area contributed by atoms with Crippen LogP contribution in [0.25, 0.3) is 0 Å². The average Bonchev–Trinajstić information content (AvgIpc) is 2.73. The van der Waals surface area contributed by atoms with Crippen molar-refractivity contribution in [2.24, 2.45) is 5.92 Å². The number of ether oxygens (including phenoxy) is 1. The summed E-state index contributed by atoms with van der Waals surface area (Å²) in [6.45, 7) is 4.83. The average molecular weight is 494 g/mol. The minimum absolute atomic E-state index is 0. The fraction of sp³-hybridized carbons (Fsp3) is 0.682. The molecule has 0 aliphatic carbocycles. The molecule has 2 rings (SSSR count). The fourth-order valence-electron chi connectivity index (χ4n) is 3.64. The zero-order valence-corrected chi connectivity index (χ0v) is 20.4. The van der Waals surface area contributed by atoms with Crippen molar-refractivity contribution in [2.75, 3.05) is 25.4 Å². The number of halogens is 1. The molecular weight excluding hydrogens is 456 g/mol. The van der Waals surface area contributed by atoms with Gasteiger partial charge in [0.1, 0.15) is 11.8 Å². The minimum atomic E-state index is -3.60. The van der Waals surface area contributed by atoms with Crippen LogP contribution in [0.4, 0.5) is 0 Å². The van der Waals surface area contributed by atoms with Crippen LogP contribution in [-0.4, -0.2) is 56.5 Å². The quantitative estimate of drug-likeness (QED) is 0.288. The number of unbranched alkanes of at least 4 members (excludes halogenated alkanes) is 2. The molecule has 0 saturated carbocycles. The first-order valence-electron chi connectivity index (χ1n) is 11.0. The smallest absolute Gasteiger partial charge is 0.322 e. The highest BCUT2D eigenvalue weighted by molar-refractivity contribution is 7.89. The Morgan fingerprint density at radius 2 is 1.84 bits per heavy atom. The first kappa shape index (κ1) is 30.6. The van der Waals surface area contributed by atoms with Crippen molar-refractivity contribution >= 4 is 16.0 Å². The lowest BCUT2D eigenvalue weighted by Crippen LogP contribution is -3.00. The van der Waals surface area contributed by atoms with Gasteiger partial charge in [-0.15, -0.1) is 0 Å². The number of piperidine rings is 1. The van der Waals surface area contributed by atoms with Crippen molar-refractivity contribution < 1.29 is 40.9 Å². The van der Waals surface area contributed by atoms with Crippen molar-refractivity contribution in [2.45, 2.75) is 64.3 Å². The first-order valence-corrected chi connectivity index (χ1v) is 12.7. The Morgan fingerprint density at radius 1 is 1.19 bits per heavy atom. The van der Waals surface area contributed by atoms with E-state index in [0.29, 0.717) is 13.0 Å². The molecule has 1 aliphatic heterocycles. The molecule has 10 heteroatoms. The summed E-state index contributed by atoms with van der Waals surface area (Å²) in [7, 11) is -3.60. The molecule has 0 unspecified atom stereocenters. The normalized spacial score (nSPS) is 15.3. The highest BCUT2D eigenvalue weighted by Crippen LogP contribution is 2.19. The summed E-state index contributed by atoms with van der Waals surface area (Å²) in [6.07, 6.45) is 7.33. The van der Waals surface area contributed by atoms with Crippen LogP contribution in [-0.2, 0) is 21.2 Å². The standard InChI is InChI=1S/C22H36N2O5S.ClH.H2O/c1-2-3-16-30(27,28)24-21(22(25)26)17-19-7-9-20(10-8-19)29-15-5-4-6-18-11-13-23-14-12-18;;/h7-10,18,21,23-24H,2-6,11-17H2,1H3,(H,25,26);1H;1H2/p-1/t21-;;/m0../s1. The van der Waals surface area contributed by atoms with Gasteiger partial charge in [-0.1, -0.05) is 31.9 Å². The molecule has 1 heterocycles. The molecule has 8 nitrogen and oxygen atoms in total. The minimum Gasteiger partial charge on any atom is -1.00 e. The van der Waals surface area contributed by atoms with Crippen molar-refractivity contribution in [3.8, 4) is 5.75 Å². The zero-order chi connectivity index (χ0) is 21.8. The summed E-state index contributed by atoms with van der Waals surface area (Å²) < 4.78 is 32.1. The molecule has 0 spiro atoms. The number of aliphatic carboxylic acids is 1. The highest BCUT2D eigenvalue weighted by Gasteiger charge is 2.24. The van der Waals surface area contributed by atoms with Crippen LogP contribution < -0.4 is 27.2 Å². The number of sulfonamides is 1. The van der Waals surface area contributed by atoms with Crippen LogP contribution in [0.15, 0.2) is 24.3 Å². The number of nitrogens with one attached hydrogen (secondary N) is 2. The number of hydrogen-bond acceptors (Lipinski definition) is 5. The predicted molar refractivity (Wildman–Crippen MR) is 122 cm³/mol. The third kappa shape index (κ3) is 12.0. The van der Waals surface area contributed by atoms with E-state index in [9.17, 15) is 18.3 Å². The molecule has 1 aliphatic rings. The molecule has 0 amide bonds. The van der Waals surface area contributed by atoms with Gasteiger partial charge in [-0.25, -0.2) is 13.1 Å². The van der Waals surface area contributed by atoms with E-state index in [1.165, 1.54) is 25.7 Å². The Labute approximate surface area is 198 Å². The number of carboxylic acids is 1. The monoisotopic (exact) mass is 493 g/mol. The summed E-state index contributed by atoms with van der Waals surface area (Å²) >= 11 is 0. The maximum Gasteiger partial charge on any atom is 0.322 e. The van der Waals surface area contributed by atoms with Crippen molar-refractivity contribution in [1.29, 1.82) is 0 Å². The Balaban J connectivity index is 0.00000480. The molecule has 1 atom stereocenters. The van der Waals surface area contributed by atoms with E-state index >= 15 is 0 Å². The molecule has 1 fully saturated rings. The van der Waals surface area contributed by atoms with Gasteiger partial charge >= 0.3 is 5.97 Å². The second-order valence-corrected chi connectivity index (χ2v) is 9.94. The highest BCUT2D eigenvalue weighted by atomic mass is 35.5. The number of hydrogen-bond donors (Lipinski definition) is 3. The maximum atomic E-state index is 12.0. The maximum absolute atomic E-state index is 12.0. The van der Waals surface area contributed by atoms with Crippen LogP contribution in [0.1, 0.15) is 57.4 Å². The number of benzene rings is 1. The van der Waals surface area contributed by atoms with Crippen LogP contribution in [0.3, 0.4) is 0 Å². The van der Waals surface area contributed by atoms with E-state index in [4.69, 9.17) is 4.74 Å². The summed E-state index contributed by atoms with van der Waals surface area (Å²) in [5, 5.41) is 12.8. The van der Waals surface area contributed by atoms with Crippen LogP contribution in [0.5, 0.6) is 5.75 Å². The molecule has 0 aromatic heterocycles. The zero-order valence-electron chi connectivity index (χ0n) is 18.8. The molecule has 186 valence electrons. The summed E-state index contributed by atoms with van der Waals surface area (Å²) in [5.41, 5.74) is 0.749. The van der Waals surface area contributed by atoms with E-state index in [-0.39, 0.29) is 30.1 Å². The topological polar surface area (TPSA) is 136 Å². The van der Waals surface area contributed by atoms with Crippen molar-refractivity contribution in [3.05, 3.63) is 29.8 Å². The number of carbonyl (C=O) groups is 1. The third-order valence-electron chi connectivity index (χ3n) is 5.48. The van der Waals surface area contributed by atoms with Crippen molar-refractivity contribution in [1.82, 2.24) is 10.0 Å². The molecule has 0 bridgehead atoms. The van der Waals surface area contributed by atoms with Gasteiger partial charge < -0.3 is 33.0 Å². The Kier molecular flexibility index (Phi) is 15.6. The molecule has 1 saturated heterocycles. The summed E-state index contributed by atoms with van der Waals surface area (Å²) in [6, 6.07) is 6.04. The van der Waals surface area contributed by atoms with Crippen molar-refractivity contribution in [3.63, 3.8) is 0 Å². The molecule has 1 aromatic rings. The van der Waals surface area contributed by atoms with Gasteiger partial charge in [0.2, 0.25) is 10.0 Å². The van der Waals surface area contributed by atoms with E-state index in [1.54, 1.807) is 12.1 Å². The third-order valence-corrected chi connectivity index (χ3v) is 6.95. The Hall–Kier alpha value is -1.39. The van der Waals surface area contributed by atoms with Crippen LogP contribution in [0.2, 0.25) is 0 Å². The van der Waals surface area contributed by atoms with E-state index in [1.807, 2.05) is 19.1 Å². The molecule has 32 heavy (non-hydrogen) atoms. The van der Waals surface area contributed by atoms with E-state index in [2.05, 4.69) is 10.0 Å². The predicted octanol–water partition coefficient (Wildman–Crippen LogP) is -0.870. The first-order chi connectivity index (χ1) is 14.4. The summed E-state index contributed by atoms with van der Waals surface area (Å²) in [4.78, 5) is 11.5. The van der Waals surface area contributed by atoms with Gasteiger partial charge in [-0.2, -0.15) is 0 Å². The molecule has 0 radical (unpaired) electrons. The van der Waals surface area contributed by atoms with Crippen LogP contribution >= 0.6 is 0 Å². The summed E-state index contributed by atoms with van der Waals surface area (Å²) in [5.74, 6) is 0.352. The van der Waals surface area contributed by atoms with E-state index < -0.39 is 22.0 Å². The van der Waals surface area contributed by atoms with E-state index in [0.717, 1.165) is 43.2 Å². The van der Waals surface area contributed by atoms with Gasteiger partial charge in [0.05, 0.1) is 12.4 Å². The number of carboxylic acid groups (broad SMARTS) is 1. The SMILES string of the molecule is CCCCS(=O)(=O)N[C@@H](Cc1ccc(OCCCCC2CCNCC2)cc1)C(=O)O.O.[Cl-]. The molecule has 1 aromatic carbocycles. The lowest BCUT2D eigenvalue weighted by molar-refractivity contribution is -0.138. The van der Waals surface area contributed by atoms with Gasteiger partial charge in [-0.3, -0.25) is 4.79 Å². The van der Waals surface area contributed by atoms with Gasteiger partial charge in [0, 0.05) is 0 Å². The van der Waals surface area contributed by atoms with Gasteiger partial charge in [0.15, 0.2) is 0 Å². The Bertz CT molecular complexity index is 739. The fourth-order valence-corrected chi connectivity index (χ4v) is 5.05. The second-order valence-electron chi connectivity index (χ2n) is 8.07. The van der Waals surface area contributed by atoms with Gasteiger partial charge in [-0.05, 0) is 75.2 Å². The number of rotatable bonds is 14. The van der Waals surface area contributed by atoms with Gasteiger partial charge in [0.25, 0.3) is 0 Å². The largest absolute Gasteiger partial charge is 1.00 e. The Morgan fingerprint density at radius 3 is 2.44 bits per heavy atom. The molecule has 5 N–H and O–H groups in total. The molecular formula is C22H38ClN2O6S-. The lowest BCUT2D eigenvalue weighted by atomic mass is 9.93.